The molecular formula is C12H13FN2O4. The van der Waals surface area contributed by atoms with E-state index in [1.807, 2.05) is 0 Å². The molecule has 19 heavy (non-hydrogen) atoms. The van der Waals surface area contributed by atoms with Gasteiger partial charge in [-0.3, -0.25) is 14.9 Å². The van der Waals surface area contributed by atoms with E-state index in [-0.39, 0.29) is 18.0 Å². The number of aliphatic hydroxyl groups excluding tert-OH is 1. The van der Waals surface area contributed by atoms with Crippen molar-refractivity contribution < 1.29 is 19.2 Å². The number of benzene rings is 1. The number of hydrogen-bond acceptors (Lipinski definition) is 4. The number of nitrogens with zero attached hydrogens (tertiary/aromatic N) is 1. The lowest BCUT2D eigenvalue weighted by Gasteiger charge is -2.10. The van der Waals surface area contributed by atoms with Crippen LogP contribution in [0.25, 0.3) is 0 Å². The normalized spacial score (nSPS) is 15.9. The molecule has 2 rings (SSSR count). The third-order valence-corrected chi connectivity index (χ3v) is 3.04. The van der Waals surface area contributed by atoms with E-state index < -0.39 is 28.4 Å². The zero-order valence-corrected chi connectivity index (χ0v) is 10.0. The van der Waals surface area contributed by atoms with Crippen LogP contribution in [-0.2, 0) is 0 Å². The summed E-state index contributed by atoms with van der Waals surface area (Å²) < 4.78 is 12.9. The second kappa shape index (κ2) is 5.31. The van der Waals surface area contributed by atoms with Gasteiger partial charge in [-0.15, -0.1) is 0 Å². The minimum atomic E-state index is -0.810. The van der Waals surface area contributed by atoms with Crippen LogP contribution in [0.3, 0.4) is 0 Å². The lowest BCUT2D eigenvalue weighted by atomic mass is 10.1. The van der Waals surface area contributed by atoms with Crippen LogP contribution < -0.4 is 5.32 Å². The van der Waals surface area contributed by atoms with Crippen LogP contribution in [0.1, 0.15) is 23.2 Å². The standard InChI is InChI=1S/C12H13FN2O4/c13-8-3-4-9(10(5-8)15(18)19)12(17)14-6-11(16)7-1-2-7/h3-5,7,11,16H,1-2,6H2,(H,14,17). The molecule has 0 aromatic heterocycles. The Bertz CT molecular complexity index is 516. The molecule has 6 nitrogen and oxygen atoms in total. The van der Waals surface area contributed by atoms with E-state index in [0.29, 0.717) is 6.07 Å². The lowest BCUT2D eigenvalue weighted by Crippen LogP contribution is -2.33. The predicted octanol–water partition coefficient (Wildman–Crippen LogP) is 1.23. The number of carbonyl (C=O) groups excluding carboxylic acids is 1. The maximum Gasteiger partial charge on any atom is 0.285 e. The van der Waals surface area contributed by atoms with Gasteiger partial charge >= 0.3 is 0 Å². The molecule has 0 bridgehead atoms. The van der Waals surface area contributed by atoms with Crippen LogP contribution in [0.5, 0.6) is 0 Å². The maximum absolute atomic E-state index is 12.9. The fourth-order valence-corrected chi connectivity index (χ4v) is 1.79. The summed E-state index contributed by atoms with van der Waals surface area (Å²) >= 11 is 0. The Balaban J connectivity index is 2.07. The molecule has 1 atom stereocenters. The third kappa shape index (κ3) is 3.25. The Labute approximate surface area is 108 Å². The van der Waals surface area contributed by atoms with E-state index in [2.05, 4.69) is 5.32 Å². The molecule has 2 N–H and O–H groups in total. The number of carbonyl (C=O) groups is 1. The monoisotopic (exact) mass is 268 g/mol. The highest BCUT2D eigenvalue weighted by molar-refractivity contribution is 5.98. The smallest absolute Gasteiger partial charge is 0.285 e. The topological polar surface area (TPSA) is 92.5 Å². The van der Waals surface area contributed by atoms with Crippen LogP contribution in [0, 0.1) is 21.8 Å². The number of nitrogens with one attached hydrogen (secondary N) is 1. The highest BCUT2D eigenvalue weighted by Crippen LogP contribution is 2.32. The molecule has 1 aromatic carbocycles. The third-order valence-electron chi connectivity index (χ3n) is 3.04. The van der Waals surface area contributed by atoms with E-state index in [4.69, 9.17) is 0 Å². The number of halogens is 1. The largest absolute Gasteiger partial charge is 0.391 e. The molecule has 0 saturated heterocycles. The summed E-state index contributed by atoms with van der Waals surface area (Å²) in [5.74, 6) is -1.27. The summed E-state index contributed by atoms with van der Waals surface area (Å²) in [5.41, 5.74) is -0.798. The van der Waals surface area contributed by atoms with E-state index in [9.17, 15) is 24.4 Å². The minimum Gasteiger partial charge on any atom is -0.391 e. The minimum absolute atomic E-state index is 0.0397. The first kappa shape index (κ1) is 13.4. The molecule has 1 aromatic rings. The molecule has 1 saturated carbocycles. The molecule has 0 spiro atoms. The number of aliphatic hydroxyl groups is 1. The average Bonchev–Trinajstić information content (AvgIpc) is 3.19. The number of nitro benzene ring substituents is 1. The Morgan fingerprint density at radius 1 is 1.58 bits per heavy atom. The summed E-state index contributed by atoms with van der Waals surface area (Å²) in [5, 5.41) is 22.8. The molecular weight excluding hydrogens is 255 g/mol. The molecule has 102 valence electrons. The average molecular weight is 268 g/mol. The predicted molar refractivity (Wildman–Crippen MR) is 64.1 cm³/mol. The second-order valence-electron chi connectivity index (χ2n) is 4.53. The van der Waals surface area contributed by atoms with Crippen LogP contribution in [0.15, 0.2) is 18.2 Å². The molecule has 1 amide bonds. The van der Waals surface area contributed by atoms with E-state index >= 15 is 0 Å². The van der Waals surface area contributed by atoms with Crippen LogP contribution in [0.4, 0.5) is 10.1 Å². The van der Waals surface area contributed by atoms with Gasteiger partial charge in [-0.25, -0.2) is 4.39 Å². The zero-order valence-electron chi connectivity index (χ0n) is 10.0. The van der Waals surface area contributed by atoms with Crippen molar-refractivity contribution in [3.05, 3.63) is 39.7 Å². The molecule has 0 radical (unpaired) electrons. The van der Waals surface area contributed by atoms with E-state index in [0.717, 1.165) is 25.0 Å². The quantitative estimate of drug-likeness (QED) is 0.620. The summed E-state index contributed by atoms with van der Waals surface area (Å²) in [4.78, 5) is 21.7. The first-order valence-electron chi connectivity index (χ1n) is 5.89. The van der Waals surface area contributed by atoms with Gasteiger partial charge in [-0.1, -0.05) is 0 Å². The Hall–Kier alpha value is -2.02. The van der Waals surface area contributed by atoms with Gasteiger partial charge in [0.25, 0.3) is 11.6 Å². The van der Waals surface area contributed by atoms with Crippen molar-refractivity contribution in [2.75, 3.05) is 6.54 Å². The summed E-state index contributed by atoms with van der Waals surface area (Å²) in [6.45, 7) is 0.0397. The van der Waals surface area contributed by atoms with Crippen molar-refractivity contribution in [1.82, 2.24) is 5.32 Å². The Morgan fingerprint density at radius 3 is 2.84 bits per heavy atom. The van der Waals surface area contributed by atoms with Gasteiger partial charge in [0.2, 0.25) is 0 Å². The highest BCUT2D eigenvalue weighted by Gasteiger charge is 2.30. The summed E-state index contributed by atoms with van der Waals surface area (Å²) in [6.07, 6.45) is 1.21. The Kier molecular flexibility index (Phi) is 3.75. The molecule has 1 aliphatic rings. The van der Waals surface area contributed by atoms with Gasteiger partial charge in [0.15, 0.2) is 0 Å². The lowest BCUT2D eigenvalue weighted by molar-refractivity contribution is -0.385. The molecule has 1 unspecified atom stereocenters. The van der Waals surface area contributed by atoms with Crippen molar-refractivity contribution in [2.24, 2.45) is 5.92 Å². The highest BCUT2D eigenvalue weighted by atomic mass is 19.1. The fraction of sp³-hybridized carbons (Fsp3) is 0.417. The first-order chi connectivity index (χ1) is 8.99. The zero-order chi connectivity index (χ0) is 14.0. The van der Waals surface area contributed by atoms with Gasteiger partial charge in [0.1, 0.15) is 11.4 Å². The van der Waals surface area contributed by atoms with Crippen LogP contribution in [-0.4, -0.2) is 28.6 Å². The van der Waals surface area contributed by atoms with Gasteiger partial charge < -0.3 is 10.4 Å². The Morgan fingerprint density at radius 2 is 2.26 bits per heavy atom. The SMILES string of the molecule is O=C(NCC(O)C1CC1)c1ccc(F)cc1[N+](=O)[O-]. The van der Waals surface area contributed by atoms with Crippen molar-refractivity contribution in [3.8, 4) is 0 Å². The van der Waals surface area contributed by atoms with Crippen molar-refractivity contribution >= 4 is 11.6 Å². The van der Waals surface area contributed by atoms with E-state index in [1.54, 1.807) is 0 Å². The second-order valence-corrected chi connectivity index (χ2v) is 4.53. The van der Waals surface area contributed by atoms with Crippen LogP contribution >= 0.6 is 0 Å². The number of nitro groups is 1. The molecule has 1 aliphatic carbocycles. The number of rotatable bonds is 5. The van der Waals surface area contributed by atoms with Crippen molar-refractivity contribution in [2.45, 2.75) is 18.9 Å². The van der Waals surface area contributed by atoms with E-state index in [1.165, 1.54) is 0 Å². The maximum atomic E-state index is 12.9. The first-order valence-corrected chi connectivity index (χ1v) is 5.89. The van der Waals surface area contributed by atoms with Crippen molar-refractivity contribution in [1.29, 1.82) is 0 Å². The molecule has 7 heteroatoms. The summed E-state index contributed by atoms with van der Waals surface area (Å²) in [7, 11) is 0. The number of hydrogen-bond donors (Lipinski definition) is 2. The molecule has 0 heterocycles. The van der Waals surface area contributed by atoms with Gasteiger partial charge in [0, 0.05) is 6.54 Å². The van der Waals surface area contributed by atoms with Gasteiger partial charge in [-0.2, -0.15) is 0 Å². The number of amides is 1. The fourth-order valence-electron chi connectivity index (χ4n) is 1.79. The van der Waals surface area contributed by atoms with Crippen LogP contribution in [0.2, 0.25) is 0 Å². The van der Waals surface area contributed by atoms with Crippen molar-refractivity contribution in [3.63, 3.8) is 0 Å². The summed E-state index contributed by atoms with van der Waals surface area (Å²) in [6, 6.07) is 2.75. The van der Waals surface area contributed by atoms with Gasteiger partial charge in [0.05, 0.1) is 17.1 Å². The van der Waals surface area contributed by atoms with Gasteiger partial charge in [-0.05, 0) is 30.9 Å². The molecule has 0 aliphatic heterocycles. The molecule has 1 fully saturated rings.